The summed E-state index contributed by atoms with van der Waals surface area (Å²) in [5, 5.41) is 1.00. The minimum atomic E-state index is 0.225. The predicted molar refractivity (Wildman–Crippen MR) is 80.7 cm³/mol. The fourth-order valence-corrected chi connectivity index (χ4v) is 2.60. The lowest BCUT2D eigenvalue weighted by Gasteiger charge is -2.14. The van der Waals surface area contributed by atoms with Crippen molar-refractivity contribution < 1.29 is 4.74 Å². The second-order valence-corrected chi connectivity index (χ2v) is 5.42. The maximum absolute atomic E-state index is 6.22. The molecular formula is C14H12Cl3NO. The second-order valence-electron chi connectivity index (χ2n) is 4.25. The Morgan fingerprint density at radius 1 is 1.00 bits per heavy atom. The third-order valence-corrected chi connectivity index (χ3v) is 3.75. The normalized spacial score (nSPS) is 10.6. The number of pyridine rings is 1. The maximum atomic E-state index is 6.22. The molecule has 0 aliphatic rings. The van der Waals surface area contributed by atoms with E-state index in [9.17, 15) is 0 Å². The van der Waals surface area contributed by atoms with Crippen LogP contribution in [-0.4, -0.2) is 12.1 Å². The van der Waals surface area contributed by atoms with Gasteiger partial charge in [-0.1, -0.05) is 40.9 Å². The van der Waals surface area contributed by atoms with Gasteiger partial charge in [0.15, 0.2) is 0 Å². The smallest absolute Gasteiger partial charge is 0.148 e. The van der Waals surface area contributed by atoms with Crippen LogP contribution < -0.4 is 4.74 Å². The number of hydrogen-bond donors (Lipinski definition) is 0. The van der Waals surface area contributed by atoms with E-state index in [-0.39, 0.29) is 5.15 Å². The van der Waals surface area contributed by atoms with Gasteiger partial charge < -0.3 is 4.74 Å². The van der Waals surface area contributed by atoms with Gasteiger partial charge in [-0.2, -0.15) is 0 Å². The summed E-state index contributed by atoms with van der Waals surface area (Å²) < 4.78 is 5.41. The van der Waals surface area contributed by atoms with Crippen LogP contribution in [0.1, 0.15) is 11.1 Å². The minimum Gasteiger partial charge on any atom is -0.496 e. The summed E-state index contributed by atoms with van der Waals surface area (Å²) >= 11 is 18.1. The van der Waals surface area contributed by atoms with Crippen LogP contribution in [0.4, 0.5) is 0 Å². The first kappa shape index (κ1) is 14.4. The van der Waals surface area contributed by atoms with Crippen molar-refractivity contribution in [3.63, 3.8) is 0 Å². The van der Waals surface area contributed by atoms with Crippen molar-refractivity contribution in [2.45, 2.75) is 13.8 Å². The zero-order valence-corrected chi connectivity index (χ0v) is 13.0. The first-order valence-electron chi connectivity index (χ1n) is 5.61. The van der Waals surface area contributed by atoms with Gasteiger partial charge in [0.05, 0.1) is 22.8 Å². The third kappa shape index (κ3) is 2.81. The van der Waals surface area contributed by atoms with Crippen LogP contribution in [0, 0.1) is 13.8 Å². The molecule has 2 rings (SSSR count). The first-order valence-corrected chi connectivity index (χ1v) is 6.74. The number of halogens is 3. The molecule has 5 heteroatoms. The minimum absolute atomic E-state index is 0.225. The van der Waals surface area contributed by atoms with Crippen LogP contribution in [0.3, 0.4) is 0 Å². The maximum Gasteiger partial charge on any atom is 0.148 e. The summed E-state index contributed by atoms with van der Waals surface area (Å²) in [4.78, 5) is 4.26. The van der Waals surface area contributed by atoms with Gasteiger partial charge in [0, 0.05) is 5.56 Å². The highest BCUT2D eigenvalue weighted by Crippen LogP contribution is 2.39. The van der Waals surface area contributed by atoms with E-state index in [0.29, 0.717) is 21.5 Å². The molecule has 0 amide bonds. The molecule has 0 saturated carbocycles. The lowest BCUT2D eigenvalue weighted by atomic mass is 10.0. The molecule has 0 aliphatic heterocycles. The van der Waals surface area contributed by atoms with Gasteiger partial charge in [-0.05, 0) is 37.1 Å². The van der Waals surface area contributed by atoms with E-state index in [1.54, 1.807) is 13.2 Å². The van der Waals surface area contributed by atoms with E-state index in [0.717, 1.165) is 16.7 Å². The van der Waals surface area contributed by atoms with Gasteiger partial charge in [-0.3, -0.25) is 0 Å². The summed E-state index contributed by atoms with van der Waals surface area (Å²) in [5.74, 6) is 0.713. The predicted octanol–water partition coefficient (Wildman–Crippen LogP) is 5.33. The van der Waals surface area contributed by atoms with Crippen LogP contribution in [-0.2, 0) is 0 Å². The average Bonchev–Trinajstić information content (AvgIpc) is 2.33. The van der Waals surface area contributed by atoms with Gasteiger partial charge in [0.25, 0.3) is 0 Å². The molecule has 0 radical (unpaired) electrons. The number of aromatic nitrogens is 1. The highest BCUT2D eigenvalue weighted by molar-refractivity contribution is 6.43. The van der Waals surface area contributed by atoms with Crippen molar-refractivity contribution in [1.29, 1.82) is 0 Å². The molecule has 0 fully saturated rings. The Labute approximate surface area is 127 Å². The van der Waals surface area contributed by atoms with E-state index >= 15 is 0 Å². The van der Waals surface area contributed by atoms with Crippen molar-refractivity contribution in [2.24, 2.45) is 0 Å². The van der Waals surface area contributed by atoms with Crippen molar-refractivity contribution in [2.75, 3.05) is 7.11 Å². The topological polar surface area (TPSA) is 22.1 Å². The summed E-state index contributed by atoms with van der Waals surface area (Å²) in [6, 6.07) is 5.56. The molecule has 19 heavy (non-hydrogen) atoms. The summed E-state index contributed by atoms with van der Waals surface area (Å²) in [7, 11) is 1.61. The van der Waals surface area contributed by atoms with Gasteiger partial charge in [0.1, 0.15) is 10.9 Å². The van der Waals surface area contributed by atoms with Crippen LogP contribution in [0.5, 0.6) is 5.75 Å². The summed E-state index contributed by atoms with van der Waals surface area (Å²) in [5.41, 5.74) is 3.53. The molecule has 100 valence electrons. The number of methoxy groups -OCH3 is 1. The molecule has 0 bridgehead atoms. The molecule has 1 heterocycles. The van der Waals surface area contributed by atoms with E-state index in [2.05, 4.69) is 4.98 Å². The van der Waals surface area contributed by atoms with Crippen LogP contribution in [0.2, 0.25) is 15.2 Å². The van der Waals surface area contributed by atoms with Crippen LogP contribution >= 0.6 is 34.8 Å². The van der Waals surface area contributed by atoms with Gasteiger partial charge >= 0.3 is 0 Å². The number of rotatable bonds is 2. The lowest BCUT2D eigenvalue weighted by Crippen LogP contribution is -1.96. The highest BCUT2D eigenvalue weighted by Gasteiger charge is 2.16. The second kappa shape index (κ2) is 5.58. The molecular weight excluding hydrogens is 305 g/mol. The van der Waals surface area contributed by atoms with Gasteiger partial charge in [-0.25, -0.2) is 4.98 Å². The van der Waals surface area contributed by atoms with E-state index in [4.69, 9.17) is 39.5 Å². The molecule has 0 saturated heterocycles. The molecule has 0 unspecified atom stereocenters. The first-order chi connectivity index (χ1) is 8.93. The Hall–Kier alpha value is -0.960. The number of hydrogen-bond acceptors (Lipinski definition) is 2. The largest absolute Gasteiger partial charge is 0.496 e. The fraction of sp³-hybridized carbons (Fsp3) is 0.214. The van der Waals surface area contributed by atoms with Gasteiger partial charge in [-0.15, -0.1) is 0 Å². The molecule has 2 aromatic rings. The van der Waals surface area contributed by atoms with Gasteiger partial charge in [0.2, 0.25) is 0 Å². The summed E-state index contributed by atoms with van der Waals surface area (Å²) in [6.45, 7) is 3.98. The van der Waals surface area contributed by atoms with E-state index in [1.165, 1.54) is 0 Å². The molecule has 0 atom stereocenters. The molecule has 1 aromatic heterocycles. The monoisotopic (exact) mass is 315 g/mol. The lowest BCUT2D eigenvalue weighted by molar-refractivity contribution is 0.415. The average molecular weight is 317 g/mol. The fourth-order valence-electron chi connectivity index (χ4n) is 2.01. The highest BCUT2D eigenvalue weighted by atomic mass is 35.5. The molecule has 2 nitrogen and oxygen atoms in total. The SMILES string of the molecule is COc1cc(C)cc(C)c1-c1nc(Cl)c(Cl)cc1Cl. The van der Waals surface area contributed by atoms with E-state index < -0.39 is 0 Å². The van der Waals surface area contributed by atoms with Crippen LogP contribution in [0.15, 0.2) is 18.2 Å². The Kier molecular flexibility index (Phi) is 4.24. The number of aryl methyl sites for hydroxylation is 2. The Morgan fingerprint density at radius 2 is 1.68 bits per heavy atom. The quantitative estimate of drug-likeness (QED) is 0.698. The number of benzene rings is 1. The van der Waals surface area contributed by atoms with E-state index in [1.807, 2.05) is 26.0 Å². The Balaban J connectivity index is 2.75. The number of nitrogens with zero attached hydrogens (tertiary/aromatic N) is 1. The van der Waals surface area contributed by atoms with Crippen molar-refractivity contribution in [3.05, 3.63) is 44.5 Å². The standard InChI is InChI=1S/C14H12Cl3NO/c1-7-4-8(2)12(11(5-7)19-3)13-9(15)6-10(16)14(17)18-13/h4-6H,1-3H3. The van der Waals surface area contributed by atoms with Crippen molar-refractivity contribution in [1.82, 2.24) is 4.98 Å². The summed E-state index contributed by atoms with van der Waals surface area (Å²) in [6.07, 6.45) is 0. The molecule has 0 aliphatic carbocycles. The zero-order valence-electron chi connectivity index (χ0n) is 10.7. The van der Waals surface area contributed by atoms with Crippen molar-refractivity contribution >= 4 is 34.8 Å². The third-order valence-electron chi connectivity index (χ3n) is 2.79. The molecule has 0 spiro atoms. The van der Waals surface area contributed by atoms with Crippen LogP contribution in [0.25, 0.3) is 11.3 Å². The molecule has 0 N–H and O–H groups in total. The Bertz CT molecular complexity index is 641. The number of ether oxygens (including phenoxy) is 1. The van der Waals surface area contributed by atoms with Crippen molar-refractivity contribution in [3.8, 4) is 17.0 Å². The molecule has 1 aromatic carbocycles. The Morgan fingerprint density at radius 3 is 2.32 bits per heavy atom. The zero-order chi connectivity index (χ0) is 14.2.